The third-order valence-electron chi connectivity index (χ3n) is 3.58. The van der Waals surface area contributed by atoms with E-state index in [9.17, 15) is 10.1 Å². The van der Waals surface area contributed by atoms with Crippen LogP contribution in [0, 0.1) is 22.7 Å². The second kappa shape index (κ2) is 6.17. The first kappa shape index (κ1) is 13.3. The largest absolute Gasteiger partial charge is 0.381 e. The molecule has 0 aromatic rings. The summed E-state index contributed by atoms with van der Waals surface area (Å²) in [5.41, 5.74) is -0.894. The Kier molecular flexibility index (Phi) is 4.56. The van der Waals surface area contributed by atoms with E-state index in [0.717, 1.165) is 12.5 Å². The van der Waals surface area contributed by atoms with Crippen LogP contribution in [0.2, 0.25) is 0 Å². The highest BCUT2D eigenvalue weighted by atomic mass is 16.5. The van der Waals surface area contributed by atoms with Gasteiger partial charge in [-0.1, -0.05) is 0 Å². The number of nitrogens with zero attached hydrogens (tertiary/aromatic N) is 1. The molecule has 2 aliphatic rings. The van der Waals surface area contributed by atoms with Crippen molar-refractivity contribution in [3.63, 3.8) is 0 Å². The van der Waals surface area contributed by atoms with Crippen LogP contribution < -0.4 is 5.32 Å². The number of amides is 1. The number of carbonyl (C=O) groups excluding carboxylic acids is 1. The summed E-state index contributed by atoms with van der Waals surface area (Å²) in [5.74, 6) is 0.560. The van der Waals surface area contributed by atoms with Gasteiger partial charge < -0.3 is 14.8 Å². The zero-order valence-corrected chi connectivity index (χ0v) is 10.6. The highest BCUT2D eigenvalue weighted by molar-refractivity contribution is 5.85. The molecule has 2 fully saturated rings. The molecule has 0 unspecified atom stereocenters. The van der Waals surface area contributed by atoms with Gasteiger partial charge in [-0.25, -0.2) is 0 Å². The highest BCUT2D eigenvalue weighted by Crippen LogP contribution is 2.30. The number of carbonyl (C=O) groups is 1. The van der Waals surface area contributed by atoms with Crippen molar-refractivity contribution in [1.82, 2.24) is 5.32 Å². The fourth-order valence-corrected chi connectivity index (χ4v) is 2.05. The zero-order chi connectivity index (χ0) is 12.8. The van der Waals surface area contributed by atoms with Gasteiger partial charge in [0.2, 0.25) is 5.91 Å². The molecule has 0 atom stereocenters. The summed E-state index contributed by atoms with van der Waals surface area (Å²) in [6.07, 6.45) is 3.50. The van der Waals surface area contributed by atoms with Crippen LogP contribution in [0.4, 0.5) is 0 Å². The molecule has 5 heteroatoms. The molecule has 0 aromatic heterocycles. The molecule has 0 spiro atoms. The molecule has 0 bridgehead atoms. The maximum absolute atomic E-state index is 12.0. The first-order chi connectivity index (χ1) is 8.77. The van der Waals surface area contributed by atoms with Gasteiger partial charge in [-0.2, -0.15) is 5.26 Å². The molecule has 5 nitrogen and oxygen atoms in total. The molecule has 18 heavy (non-hydrogen) atoms. The third-order valence-corrected chi connectivity index (χ3v) is 3.58. The minimum atomic E-state index is -0.894. The van der Waals surface area contributed by atoms with E-state index in [0.29, 0.717) is 39.2 Å². The molecule has 1 saturated carbocycles. The first-order valence-electron chi connectivity index (χ1n) is 6.62. The van der Waals surface area contributed by atoms with Gasteiger partial charge in [0, 0.05) is 26.4 Å². The molecule has 0 aromatic carbocycles. The van der Waals surface area contributed by atoms with E-state index in [2.05, 4.69) is 11.4 Å². The Balaban J connectivity index is 1.66. The average molecular weight is 252 g/mol. The van der Waals surface area contributed by atoms with Crippen molar-refractivity contribution in [2.45, 2.75) is 25.7 Å². The number of nitriles is 1. The Hall–Kier alpha value is -1.12. The van der Waals surface area contributed by atoms with Crippen LogP contribution in [-0.2, 0) is 14.3 Å². The Labute approximate surface area is 107 Å². The Bertz CT molecular complexity index is 328. The molecule has 1 aliphatic heterocycles. The fraction of sp³-hybridized carbons (Fsp3) is 0.846. The number of ether oxygens (including phenoxy) is 2. The normalized spacial score (nSPS) is 22.2. The number of hydrogen-bond acceptors (Lipinski definition) is 4. The molecule has 1 N–H and O–H groups in total. The van der Waals surface area contributed by atoms with Crippen LogP contribution in [0.1, 0.15) is 25.7 Å². The second-order valence-corrected chi connectivity index (χ2v) is 5.08. The molecule has 0 radical (unpaired) electrons. The Morgan fingerprint density at radius 1 is 1.44 bits per heavy atom. The van der Waals surface area contributed by atoms with Crippen molar-refractivity contribution in [2.75, 3.05) is 33.0 Å². The van der Waals surface area contributed by atoms with E-state index >= 15 is 0 Å². The molecular formula is C13H20N2O3. The summed E-state index contributed by atoms with van der Waals surface area (Å²) in [6, 6.07) is 2.15. The first-order valence-corrected chi connectivity index (χ1v) is 6.62. The molecule has 100 valence electrons. The van der Waals surface area contributed by atoms with E-state index in [1.807, 2.05) is 0 Å². The van der Waals surface area contributed by atoms with Crippen LogP contribution >= 0.6 is 0 Å². The van der Waals surface area contributed by atoms with Crippen LogP contribution in [0.5, 0.6) is 0 Å². The van der Waals surface area contributed by atoms with Gasteiger partial charge in [-0.3, -0.25) is 4.79 Å². The molecular weight excluding hydrogens is 232 g/mol. The van der Waals surface area contributed by atoms with E-state index in [-0.39, 0.29) is 5.91 Å². The molecule has 2 rings (SSSR count). The number of hydrogen-bond donors (Lipinski definition) is 1. The van der Waals surface area contributed by atoms with Gasteiger partial charge in [0.05, 0.1) is 12.7 Å². The molecule has 1 saturated heterocycles. The minimum Gasteiger partial charge on any atom is -0.381 e. The third kappa shape index (κ3) is 3.44. The van der Waals surface area contributed by atoms with Gasteiger partial charge in [0.25, 0.3) is 0 Å². The Morgan fingerprint density at radius 3 is 2.78 bits per heavy atom. The lowest BCUT2D eigenvalue weighted by atomic mass is 9.81. The second-order valence-electron chi connectivity index (χ2n) is 5.08. The van der Waals surface area contributed by atoms with Crippen molar-refractivity contribution in [2.24, 2.45) is 11.3 Å². The monoisotopic (exact) mass is 252 g/mol. The van der Waals surface area contributed by atoms with E-state index in [4.69, 9.17) is 9.47 Å². The van der Waals surface area contributed by atoms with Gasteiger partial charge in [-0.15, -0.1) is 0 Å². The lowest BCUT2D eigenvalue weighted by Crippen LogP contribution is -2.44. The van der Waals surface area contributed by atoms with Gasteiger partial charge >= 0.3 is 0 Å². The van der Waals surface area contributed by atoms with Crippen molar-refractivity contribution < 1.29 is 14.3 Å². The van der Waals surface area contributed by atoms with Gasteiger partial charge in [0.15, 0.2) is 0 Å². The smallest absolute Gasteiger partial charge is 0.240 e. The molecule has 1 heterocycles. The maximum atomic E-state index is 12.0. The topological polar surface area (TPSA) is 71.4 Å². The van der Waals surface area contributed by atoms with E-state index in [1.54, 1.807) is 0 Å². The van der Waals surface area contributed by atoms with Crippen molar-refractivity contribution in [3.8, 4) is 6.07 Å². The predicted molar refractivity (Wildman–Crippen MR) is 64.7 cm³/mol. The summed E-state index contributed by atoms with van der Waals surface area (Å²) in [4.78, 5) is 12.0. The average Bonchev–Trinajstić information content (AvgIpc) is 3.23. The number of rotatable bonds is 6. The van der Waals surface area contributed by atoms with Gasteiger partial charge in [-0.05, 0) is 31.6 Å². The summed E-state index contributed by atoms with van der Waals surface area (Å²) >= 11 is 0. The predicted octanol–water partition coefficient (Wildman–Crippen LogP) is 0.850. The summed E-state index contributed by atoms with van der Waals surface area (Å²) in [5, 5.41) is 12.0. The highest BCUT2D eigenvalue weighted by Gasteiger charge is 2.40. The lowest BCUT2D eigenvalue weighted by molar-refractivity contribution is -0.132. The van der Waals surface area contributed by atoms with Crippen LogP contribution in [0.25, 0.3) is 0 Å². The van der Waals surface area contributed by atoms with Crippen LogP contribution in [0.15, 0.2) is 0 Å². The Morgan fingerprint density at radius 2 is 2.17 bits per heavy atom. The quantitative estimate of drug-likeness (QED) is 0.711. The summed E-state index contributed by atoms with van der Waals surface area (Å²) in [6.45, 7) is 2.78. The number of nitrogens with one attached hydrogen (secondary N) is 1. The van der Waals surface area contributed by atoms with Crippen molar-refractivity contribution in [3.05, 3.63) is 0 Å². The van der Waals surface area contributed by atoms with Crippen LogP contribution in [-0.4, -0.2) is 38.9 Å². The molecule has 1 aliphatic carbocycles. The zero-order valence-electron chi connectivity index (χ0n) is 10.6. The lowest BCUT2D eigenvalue weighted by Gasteiger charge is -2.29. The minimum absolute atomic E-state index is 0.177. The van der Waals surface area contributed by atoms with Crippen LogP contribution in [0.3, 0.4) is 0 Å². The fourth-order valence-electron chi connectivity index (χ4n) is 2.05. The summed E-state index contributed by atoms with van der Waals surface area (Å²) < 4.78 is 10.6. The standard InChI is InChI=1S/C13H20N2O3/c14-10-13(3-6-17-7-4-13)12(16)15-5-8-18-9-11-1-2-11/h11H,1-9H2,(H,15,16). The van der Waals surface area contributed by atoms with Crippen molar-refractivity contribution >= 4 is 5.91 Å². The van der Waals surface area contributed by atoms with Crippen molar-refractivity contribution in [1.29, 1.82) is 5.26 Å². The SMILES string of the molecule is N#CC1(C(=O)NCCOCC2CC2)CCOCC1. The van der Waals surface area contributed by atoms with E-state index < -0.39 is 5.41 Å². The molecule has 1 amide bonds. The van der Waals surface area contributed by atoms with E-state index in [1.165, 1.54) is 12.8 Å². The summed E-state index contributed by atoms with van der Waals surface area (Å²) in [7, 11) is 0. The maximum Gasteiger partial charge on any atom is 0.240 e. The van der Waals surface area contributed by atoms with Gasteiger partial charge in [0.1, 0.15) is 5.41 Å².